The summed E-state index contributed by atoms with van der Waals surface area (Å²) in [7, 11) is 0. The molecule has 1 atom stereocenters. The van der Waals surface area contributed by atoms with Crippen LogP contribution in [0.3, 0.4) is 0 Å². The van der Waals surface area contributed by atoms with E-state index in [1.807, 2.05) is 6.92 Å². The molecule has 0 spiro atoms. The van der Waals surface area contributed by atoms with Crippen molar-refractivity contribution in [3.05, 3.63) is 18.0 Å². The van der Waals surface area contributed by atoms with Gasteiger partial charge < -0.3 is 10.2 Å². The summed E-state index contributed by atoms with van der Waals surface area (Å²) < 4.78 is 38.2. The van der Waals surface area contributed by atoms with E-state index >= 15 is 0 Å². The number of carbonyl (C=O) groups is 1. The van der Waals surface area contributed by atoms with Gasteiger partial charge in [0.15, 0.2) is 5.69 Å². The van der Waals surface area contributed by atoms with E-state index in [1.54, 1.807) is 4.90 Å². The Labute approximate surface area is 120 Å². The summed E-state index contributed by atoms with van der Waals surface area (Å²) in [4.78, 5) is 13.7. The number of aromatic nitrogens is 2. The van der Waals surface area contributed by atoms with Gasteiger partial charge in [0.25, 0.3) is 0 Å². The summed E-state index contributed by atoms with van der Waals surface area (Å²) >= 11 is 0. The highest BCUT2D eigenvalue weighted by Gasteiger charge is 2.34. The Morgan fingerprint density at radius 1 is 1.55 bits per heavy atom. The van der Waals surface area contributed by atoms with Crippen molar-refractivity contribution in [3.63, 3.8) is 0 Å². The number of amides is 1. The Morgan fingerprint density at radius 3 is 2.80 bits per heavy atom. The molecular formula is C11H16ClF3N4O. The average molecular weight is 313 g/mol. The zero-order valence-corrected chi connectivity index (χ0v) is 11.7. The summed E-state index contributed by atoms with van der Waals surface area (Å²) in [5.74, 6) is -0.217. The van der Waals surface area contributed by atoms with Crippen LogP contribution in [0.1, 0.15) is 12.6 Å². The normalized spacial score (nSPS) is 19.6. The molecule has 0 radical (unpaired) electrons. The Balaban J connectivity index is 0.00000200. The molecule has 1 saturated heterocycles. The van der Waals surface area contributed by atoms with Gasteiger partial charge in [0.1, 0.15) is 6.54 Å². The highest BCUT2D eigenvalue weighted by molar-refractivity contribution is 5.85. The predicted molar refractivity (Wildman–Crippen MR) is 68.5 cm³/mol. The van der Waals surface area contributed by atoms with E-state index in [-0.39, 0.29) is 30.9 Å². The van der Waals surface area contributed by atoms with E-state index in [0.717, 1.165) is 10.7 Å². The summed E-state index contributed by atoms with van der Waals surface area (Å²) in [5.41, 5.74) is -0.978. The largest absolute Gasteiger partial charge is 0.435 e. The van der Waals surface area contributed by atoms with Crippen molar-refractivity contribution in [2.45, 2.75) is 25.7 Å². The molecule has 1 amide bonds. The molecule has 1 N–H and O–H groups in total. The van der Waals surface area contributed by atoms with Crippen LogP contribution in [0.25, 0.3) is 0 Å². The number of hydrogen-bond acceptors (Lipinski definition) is 3. The van der Waals surface area contributed by atoms with E-state index in [1.165, 1.54) is 6.20 Å². The van der Waals surface area contributed by atoms with Crippen molar-refractivity contribution in [2.75, 3.05) is 19.6 Å². The molecule has 0 bridgehead atoms. The molecule has 2 rings (SSSR count). The fourth-order valence-electron chi connectivity index (χ4n) is 2.04. The van der Waals surface area contributed by atoms with Crippen molar-refractivity contribution >= 4 is 18.3 Å². The lowest BCUT2D eigenvalue weighted by Gasteiger charge is -2.33. The van der Waals surface area contributed by atoms with Gasteiger partial charge in [-0.15, -0.1) is 12.4 Å². The first kappa shape index (κ1) is 16.8. The van der Waals surface area contributed by atoms with Gasteiger partial charge in [0.05, 0.1) is 0 Å². The van der Waals surface area contributed by atoms with Crippen molar-refractivity contribution in [2.24, 2.45) is 0 Å². The van der Waals surface area contributed by atoms with Gasteiger partial charge in [0, 0.05) is 31.9 Å². The van der Waals surface area contributed by atoms with Gasteiger partial charge in [-0.25, -0.2) is 0 Å². The zero-order chi connectivity index (χ0) is 14.0. The third-order valence-corrected chi connectivity index (χ3v) is 3.05. The quantitative estimate of drug-likeness (QED) is 0.891. The van der Waals surface area contributed by atoms with E-state index in [2.05, 4.69) is 10.4 Å². The van der Waals surface area contributed by atoms with Crippen LogP contribution < -0.4 is 5.32 Å². The Morgan fingerprint density at radius 2 is 2.25 bits per heavy atom. The van der Waals surface area contributed by atoms with Gasteiger partial charge in [-0.05, 0) is 13.0 Å². The van der Waals surface area contributed by atoms with Crippen LogP contribution in [-0.2, 0) is 17.5 Å². The Hall–Kier alpha value is -1.28. The summed E-state index contributed by atoms with van der Waals surface area (Å²) in [6.07, 6.45) is -3.30. The SMILES string of the molecule is C[C@@H]1CNCCN1C(=O)Cn1ccc(C(F)(F)F)n1.Cl. The molecule has 1 aromatic rings. The van der Waals surface area contributed by atoms with Crippen LogP contribution >= 0.6 is 12.4 Å². The number of nitrogens with zero attached hydrogens (tertiary/aromatic N) is 3. The molecular weight excluding hydrogens is 297 g/mol. The van der Waals surface area contributed by atoms with Crippen LogP contribution in [0.5, 0.6) is 0 Å². The minimum Gasteiger partial charge on any atom is -0.336 e. The zero-order valence-electron chi connectivity index (χ0n) is 10.9. The third kappa shape index (κ3) is 3.86. The van der Waals surface area contributed by atoms with Crippen molar-refractivity contribution < 1.29 is 18.0 Å². The molecule has 9 heteroatoms. The fraction of sp³-hybridized carbons (Fsp3) is 0.636. The van der Waals surface area contributed by atoms with Crippen molar-refractivity contribution in [1.29, 1.82) is 0 Å². The number of carbonyl (C=O) groups excluding carboxylic acids is 1. The second kappa shape index (κ2) is 6.45. The average Bonchev–Trinajstić information content (AvgIpc) is 2.77. The predicted octanol–water partition coefficient (Wildman–Crippen LogP) is 1.14. The maximum Gasteiger partial charge on any atom is 0.435 e. The summed E-state index contributed by atoms with van der Waals surface area (Å²) in [6.45, 7) is 3.68. The van der Waals surface area contributed by atoms with Gasteiger partial charge in [-0.2, -0.15) is 18.3 Å². The third-order valence-electron chi connectivity index (χ3n) is 3.05. The molecule has 1 aromatic heterocycles. The van der Waals surface area contributed by atoms with Crippen LogP contribution in [0, 0.1) is 0 Å². The molecule has 1 fully saturated rings. The standard InChI is InChI=1S/C11H15F3N4O.ClH/c1-8-6-15-3-5-18(8)10(19)7-17-4-2-9(16-17)11(12,13)14;/h2,4,8,15H,3,5-7H2,1H3;1H/t8-;/m1./s1. The minimum atomic E-state index is -4.48. The number of piperazine rings is 1. The molecule has 0 aromatic carbocycles. The first-order chi connectivity index (χ1) is 8.88. The summed E-state index contributed by atoms with van der Waals surface area (Å²) in [6, 6.07) is 0.910. The Bertz CT molecular complexity index is 463. The number of halogens is 4. The van der Waals surface area contributed by atoms with Crippen LogP contribution in [-0.4, -0.2) is 46.3 Å². The van der Waals surface area contributed by atoms with Crippen LogP contribution in [0.15, 0.2) is 12.3 Å². The second-order valence-electron chi connectivity index (χ2n) is 4.54. The lowest BCUT2D eigenvalue weighted by molar-refractivity contribution is -0.142. The molecule has 114 valence electrons. The van der Waals surface area contributed by atoms with Gasteiger partial charge >= 0.3 is 6.18 Å². The van der Waals surface area contributed by atoms with Gasteiger partial charge in [-0.1, -0.05) is 0 Å². The molecule has 5 nitrogen and oxygen atoms in total. The van der Waals surface area contributed by atoms with Crippen LogP contribution in [0.2, 0.25) is 0 Å². The number of rotatable bonds is 2. The van der Waals surface area contributed by atoms with Crippen molar-refractivity contribution in [3.8, 4) is 0 Å². The first-order valence-corrected chi connectivity index (χ1v) is 5.99. The van der Waals surface area contributed by atoms with Crippen LogP contribution in [0.4, 0.5) is 13.2 Å². The highest BCUT2D eigenvalue weighted by Crippen LogP contribution is 2.27. The highest BCUT2D eigenvalue weighted by atomic mass is 35.5. The molecule has 1 aliphatic heterocycles. The molecule has 0 unspecified atom stereocenters. The fourth-order valence-corrected chi connectivity index (χ4v) is 2.04. The molecule has 0 aliphatic carbocycles. The Kier molecular flexibility index (Phi) is 5.41. The smallest absolute Gasteiger partial charge is 0.336 e. The first-order valence-electron chi connectivity index (χ1n) is 5.99. The van der Waals surface area contributed by atoms with E-state index < -0.39 is 11.9 Å². The minimum absolute atomic E-state index is 0. The van der Waals surface area contributed by atoms with E-state index in [9.17, 15) is 18.0 Å². The van der Waals surface area contributed by atoms with Crippen molar-refractivity contribution in [1.82, 2.24) is 20.0 Å². The second-order valence-corrected chi connectivity index (χ2v) is 4.54. The van der Waals surface area contributed by atoms with Gasteiger partial charge in [-0.3, -0.25) is 9.48 Å². The van der Waals surface area contributed by atoms with Gasteiger partial charge in [0.2, 0.25) is 5.91 Å². The molecule has 0 saturated carbocycles. The number of alkyl halides is 3. The molecule has 1 aliphatic rings. The lowest BCUT2D eigenvalue weighted by Crippen LogP contribution is -2.53. The van der Waals surface area contributed by atoms with E-state index in [0.29, 0.717) is 19.6 Å². The molecule has 2 heterocycles. The topological polar surface area (TPSA) is 50.2 Å². The maximum atomic E-state index is 12.4. The molecule has 20 heavy (non-hydrogen) atoms. The number of hydrogen-bond donors (Lipinski definition) is 1. The monoisotopic (exact) mass is 312 g/mol. The lowest BCUT2D eigenvalue weighted by atomic mass is 10.2. The maximum absolute atomic E-state index is 12.4. The van der Waals surface area contributed by atoms with E-state index in [4.69, 9.17) is 0 Å². The number of nitrogens with one attached hydrogen (secondary N) is 1. The summed E-state index contributed by atoms with van der Waals surface area (Å²) in [5, 5.41) is 6.51.